The number of fused-ring (bicyclic) bond motifs is 1. The van der Waals surface area contributed by atoms with Crippen molar-refractivity contribution in [3.8, 4) is 22.6 Å². The van der Waals surface area contributed by atoms with E-state index in [0.717, 1.165) is 28.8 Å². The molecule has 3 aromatic carbocycles. The lowest BCUT2D eigenvalue weighted by atomic mass is 9.99. The maximum absolute atomic E-state index is 14.9. The molecule has 0 amide bonds. The van der Waals surface area contributed by atoms with Gasteiger partial charge in [0.2, 0.25) is 0 Å². The van der Waals surface area contributed by atoms with Crippen molar-refractivity contribution in [3.05, 3.63) is 86.9 Å². The first-order valence-corrected chi connectivity index (χ1v) is 12.2. The Bertz CT molecular complexity index is 1640. The molecule has 0 bridgehead atoms. The van der Waals surface area contributed by atoms with Crippen molar-refractivity contribution >= 4 is 58.8 Å². The SMILES string of the molecule is O=c1ccc2c(-c3ccc(P)cc3F)cc(OS(=O)(=O)C(F)(F)F)cc2n1-c1c(Cl)cccc1Cl. The van der Waals surface area contributed by atoms with E-state index in [9.17, 15) is 30.8 Å². The van der Waals surface area contributed by atoms with Gasteiger partial charge in [0.25, 0.3) is 5.56 Å². The fourth-order valence-electron chi connectivity index (χ4n) is 3.45. The number of halogens is 6. The topological polar surface area (TPSA) is 65.4 Å². The maximum Gasteiger partial charge on any atom is 0.534 e. The molecule has 0 aliphatic heterocycles. The molecule has 0 radical (unpaired) electrons. The van der Waals surface area contributed by atoms with Gasteiger partial charge in [-0.05, 0) is 41.2 Å². The van der Waals surface area contributed by atoms with Crippen molar-refractivity contribution in [3.63, 3.8) is 0 Å². The predicted molar refractivity (Wildman–Crippen MR) is 130 cm³/mol. The standard InChI is InChI=1S/C22H12Cl2F4NO4PS/c23-16-2-1-3-17(24)21(16)29-19-9-11(33-35(31,32)22(26,27)28)8-15(14(19)6-7-20(29)30)13-5-4-12(34)10-18(13)25/h1-10H,34H2. The van der Waals surface area contributed by atoms with Gasteiger partial charge < -0.3 is 4.18 Å². The summed E-state index contributed by atoms with van der Waals surface area (Å²) >= 11 is 12.5. The van der Waals surface area contributed by atoms with Gasteiger partial charge in [-0.25, -0.2) is 4.39 Å². The zero-order valence-electron chi connectivity index (χ0n) is 17.1. The van der Waals surface area contributed by atoms with Crippen LogP contribution < -0.4 is 15.0 Å². The number of hydrogen-bond donors (Lipinski definition) is 0. The molecule has 0 spiro atoms. The summed E-state index contributed by atoms with van der Waals surface area (Å²) in [7, 11) is -3.78. The highest BCUT2D eigenvalue weighted by Crippen LogP contribution is 2.38. The molecule has 4 rings (SSSR count). The van der Waals surface area contributed by atoms with Crippen molar-refractivity contribution in [2.45, 2.75) is 5.51 Å². The minimum absolute atomic E-state index is 0.00556. The number of hydrogen-bond acceptors (Lipinski definition) is 4. The maximum atomic E-state index is 14.9. The lowest BCUT2D eigenvalue weighted by molar-refractivity contribution is -0.0500. The van der Waals surface area contributed by atoms with Crippen molar-refractivity contribution in [1.29, 1.82) is 0 Å². The van der Waals surface area contributed by atoms with Crippen LogP contribution in [0.15, 0.2) is 65.5 Å². The fourth-order valence-corrected chi connectivity index (χ4v) is 4.70. The summed E-state index contributed by atoms with van der Waals surface area (Å²) in [6.07, 6.45) is 0. The van der Waals surface area contributed by atoms with Crippen molar-refractivity contribution in [2.75, 3.05) is 0 Å². The largest absolute Gasteiger partial charge is 0.534 e. The number of benzene rings is 3. The van der Waals surface area contributed by atoms with Gasteiger partial charge in [-0.3, -0.25) is 9.36 Å². The lowest BCUT2D eigenvalue weighted by Crippen LogP contribution is -2.28. The van der Waals surface area contributed by atoms with Crippen molar-refractivity contribution < 1.29 is 30.2 Å². The van der Waals surface area contributed by atoms with E-state index < -0.39 is 32.8 Å². The zero-order valence-corrected chi connectivity index (χ0v) is 20.6. The summed E-state index contributed by atoms with van der Waals surface area (Å²) in [6, 6.07) is 12.7. The summed E-state index contributed by atoms with van der Waals surface area (Å²) < 4.78 is 82.7. The number of para-hydroxylation sites is 1. The van der Waals surface area contributed by atoms with E-state index in [0.29, 0.717) is 5.30 Å². The van der Waals surface area contributed by atoms with Gasteiger partial charge in [0.05, 0.1) is 21.2 Å². The molecule has 1 unspecified atom stereocenters. The molecule has 1 aromatic heterocycles. The van der Waals surface area contributed by atoms with Gasteiger partial charge in [-0.15, -0.1) is 9.24 Å². The summed E-state index contributed by atoms with van der Waals surface area (Å²) in [4.78, 5) is 12.9. The molecule has 0 aliphatic carbocycles. The molecule has 5 nitrogen and oxygen atoms in total. The highest BCUT2D eigenvalue weighted by atomic mass is 35.5. The Hall–Kier alpha value is -2.65. The third-order valence-corrected chi connectivity index (χ3v) is 6.87. The van der Waals surface area contributed by atoms with Crippen LogP contribution in [-0.2, 0) is 10.1 Å². The Balaban J connectivity index is 2.14. The van der Waals surface area contributed by atoms with Gasteiger partial charge in [0.1, 0.15) is 11.6 Å². The number of alkyl halides is 3. The Morgan fingerprint density at radius 3 is 2.17 bits per heavy atom. The number of nitrogens with zero attached hydrogens (tertiary/aromatic N) is 1. The van der Waals surface area contributed by atoms with Crippen LogP contribution in [0.3, 0.4) is 0 Å². The molecule has 35 heavy (non-hydrogen) atoms. The van der Waals surface area contributed by atoms with Crippen LogP contribution in [0.2, 0.25) is 10.0 Å². The molecule has 0 N–H and O–H groups in total. The van der Waals surface area contributed by atoms with Gasteiger partial charge in [0, 0.05) is 23.1 Å². The third-order valence-electron chi connectivity index (χ3n) is 4.92. The normalized spacial score (nSPS) is 12.2. The number of aromatic nitrogens is 1. The smallest absolute Gasteiger partial charge is 0.376 e. The Morgan fingerprint density at radius 2 is 1.57 bits per heavy atom. The highest BCUT2D eigenvalue weighted by Gasteiger charge is 2.48. The second kappa shape index (κ2) is 9.09. The zero-order chi connectivity index (χ0) is 25.7. The molecular formula is C22H12Cl2F4NO4PS. The number of pyridine rings is 1. The molecule has 0 aliphatic rings. The van der Waals surface area contributed by atoms with Crippen LogP contribution >= 0.6 is 32.4 Å². The van der Waals surface area contributed by atoms with Crippen LogP contribution in [0.5, 0.6) is 5.75 Å². The molecule has 0 saturated carbocycles. The van der Waals surface area contributed by atoms with Crippen LogP contribution in [0, 0.1) is 5.82 Å². The minimum atomic E-state index is -6.08. The van der Waals surface area contributed by atoms with Crippen LogP contribution in [0.1, 0.15) is 0 Å². The average molecular weight is 564 g/mol. The lowest BCUT2D eigenvalue weighted by Gasteiger charge is -2.18. The summed E-state index contributed by atoms with van der Waals surface area (Å²) in [6.45, 7) is 0. The van der Waals surface area contributed by atoms with Crippen molar-refractivity contribution in [2.24, 2.45) is 0 Å². The van der Waals surface area contributed by atoms with Crippen LogP contribution in [-0.4, -0.2) is 18.5 Å². The van der Waals surface area contributed by atoms with E-state index in [2.05, 4.69) is 13.4 Å². The van der Waals surface area contributed by atoms with E-state index in [1.807, 2.05) is 0 Å². The van der Waals surface area contributed by atoms with Crippen molar-refractivity contribution in [1.82, 2.24) is 4.57 Å². The van der Waals surface area contributed by atoms with Crippen LogP contribution in [0.25, 0.3) is 27.7 Å². The molecule has 13 heteroatoms. The monoisotopic (exact) mass is 563 g/mol. The molecule has 182 valence electrons. The van der Waals surface area contributed by atoms with E-state index in [4.69, 9.17) is 23.2 Å². The van der Waals surface area contributed by atoms with E-state index in [1.165, 1.54) is 36.4 Å². The molecule has 0 fully saturated rings. The molecule has 0 saturated heterocycles. The van der Waals surface area contributed by atoms with Crippen LogP contribution in [0.4, 0.5) is 17.6 Å². The summed E-state index contributed by atoms with van der Waals surface area (Å²) in [5.74, 6) is -1.55. The number of rotatable bonds is 4. The average Bonchev–Trinajstić information content (AvgIpc) is 2.73. The fraction of sp³-hybridized carbons (Fsp3) is 0.0455. The molecular weight excluding hydrogens is 552 g/mol. The molecule has 1 heterocycles. The highest BCUT2D eigenvalue weighted by molar-refractivity contribution is 7.88. The van der Waals surface area contributed by atoms with E-state index in [1.54, 1.807) is 0 Å². The molecule has 4 aromatic rings. The second-order valence-corrected chi connectivity index (χ2v) is 10.2. The Labute approximate surface area is 208 Å². The van der Waals surface area contributed by atoms with Gasteiger partial charge in [0.15, 0.2) is 0 Å². The van der Waals surface area contributed by atoms with E-state index in [-0.39, 0.29) is 37.8 Å². The predicted octanol–water partition coefficient (Wildman–Crippen LogP) is 5.83. The first kappa shape index (κ1) is 25.4. The Morgan fingerprint density at radius 1 is 0.914 bits per heavy atom. The second-order valence-electron chi connectivity index (χ2n) is 7.20. The molecule has 1 atom stereocenters. The third kappa shape index (κ3) is 4.76. The summed E-state index contributed by atoms with van der Waals surface area (Å²) in [5, 5.41) is 0.734. The summed E-state index contributed by atoms with van der Waals surface area (Å²) in [5.41, 5.74) is -6.65. The van der Waals surface area contributed by atoms with Gasteiger partial charge in [-0.1, -0.05) is 41.4 Å². The van der Waals surface area contributed by atoms with Gasteiger partial charge in [-0.2, -0.15) is 21.6 Å². The quantitative estimate of drug-likeness (QED) is 0.135. The van der Waals surface area contributed by atoms with Gasteiger partial charge >= 0.3 is 15.6 Å². The first-order valence-electron chi connectivity index (χ1n) is 9.50. The van der Waals surface area contributed by atoms with E-state index >= 15 is 0 Å². The Kier molecular flexibility index (Phi) is 6.61. The first-order chi connectivity index (χ1) is 16.3. The minimum Gasteiger partial charge on any atom is -0.376 e.